The number of aliphatic imine (C=N–C) groups is 1. The molecule has 0 spiro atoms. The van der Waals surface area contributed by atoms with Crippen LogP contribution in [0.4, 0.5) is 0 Å². The Kier molecular flexibility index (Phi) is 12.6. The summed E-state index contributed by atoms with van der Waals surface area (Å²) < 4.78 is 22.4. The lowest BCUT2D eigenvalue weighted by Crippen LogP contribution is -2.41. The molecular weight excluding hydrogens is 509 g/mol. The summed E-state index contributed by atoms with van der Waals surface area (Å²) in [5.41, 5.74) is 1.07. The van der Waals surface area contributed by atoms with E-state index in [1.807, 2.05) is 49.4 Å². The van der Waals surface area contributed by atoms with Crippen molar-refractivity contribution in [1.82, 2.24) is 10.6 Å². The highest BCUT2D eigenvalue weighted by Gasteiger charge is 2.10. The van der Waals surface area contributed by atoms with Gasteiger partial charge in [-0.25, -0.2) is 0 Å². The molecule has 2 rings (SSSR count). The van der Waals surface area contributed by atoms with Crippen molar-refractivity contribution in [2.24, 2.45) is 4.99 Å². The van der Waals surface area contributed by atoms with Crippen LogP contribution < -0.4 is 29.6 Å². The average molecular weight is 543 g/mol. The first kappa shape index (κ1) is 26.7. The van der Waals surface area contributed by atoms with E-state index >= 15 is 0 Å². The molecule has 7 nitrogen and oxygen atoms in total. The third-order valence-electron chi connectivity index (χ3n) is 4.33. The molecule has 0 bridgehead atoms. The van der Waals surface area contributed by atoms with Gasteiger partial charge in [0.05, 0.1) is 27.4 Å². The molecule has 2 aromatic carbocycles. The molecule has 0 saturated heterocycles. The van der Waals surface area contributed by atoms with Gasteiger partial charge in [-0.2, -0.15) is 0 Å². The van der Waals surface area contributed by atoms with Crippen molar-refractivity contribution in [2.75, 3.05) is 34.4 Å². The average Bonchev–Trinajstić information content (AvgIpc) is 2.78. The summed E-state index contributed by atoms with van der Waals surface area (Å²) in [5, 5.41) is 6.59. The molecule has 2 aromatic rings. The van der Waals surface area contributed by atoms with Gasteiger partial charge in [0.2, 0.25) is 0 Å². The Balaban J connectivity index is 0.00000480. The van der Waals surface area contributed by atoms with Gasteiger partial charge >= 0.3 is 0 Å². The van der Waals surface area contributed by atoms with Gasteiger partial charge in [0.15, 0.2) is 29.0 Å². The largest absolute Gasteiger partial charge is 0.493 e. The zero-order chi connectivity index (χ0) is 21.8. The van der Waals surface area contributed by atoms with Crippen molar-refractivity contribution < 1.29 is 18.9 Å². The molecule has 8 heteroatoms. The molecule has 172 valence electrons. The van der Waals surface area contributed by atoms with Gasteiger partial charge in [-0.15, -0.1) is 24.0 Å². The SMILES string of the molecule is CCCOc1ccc(CNC(=NC)NCC(C)Oc2ccccc2OC)cc1OC.I. The summed E-state index contributed by atoms with van der Waals surface area (Å²) in [4.78, 5) is 4.27. The summed E-state index contributed by atoms with van der Waals surface area (Å²) in [6.07, 6.45) is 0.878. The van der Waals surface area contributed by atoms with Crippen LogP contribution in [0.2, 0.25) is 0 Å². The standard InChI is InChI=1S/C23H33N3O4.HI/c1-6-13-29-20-12-11-18(14-22(20)28-5)16-26-23(24-3)25-15-17(2)30-21-10-8-7-9-19(21)27-4;/h7-12,14,17H,6,13,15-16H2,1-5H3,(H2,24,25,26);1H. The number of para-hydroxylation sites is 2. The summed E-state index contributed by atoms with van der Waals surface area (Å²) in [5.74, 6) is 3.61. The van der Waals surface area contributed by atoms with Crippen LogP contribution in [0.15, 0.2) is 47.5 Å². The Morgan fingerprint density at radius 2 is 1.68 bits per heavy atom. The number of ether oxygens (including phenoxy) is 4. The van der Waals surface area contributed by atoms with Crippen LogP contribution in [0.1, 0.15) is 25.8 Å². The van der Waals surface area contributed by atoms with Crippen LogP contribution in [0.25, 0.3) is 0 Å². The van der Waals surface area contributed by atoms with Crippen LogP contribution in [-0.2, 0) is 6.54 Å². The first-order chi connectivity index (χ1) is 14.6. The highest BCUT2D eigenvalue weighted by atomic mass is 127. The number of methoxy groups -OCH3 is 2. The number of rotatable bonds is 11. The molecule has 2 N–H and O–H groups in total. The smallest absolute Gasteiger partial charge is 0.191 e. The van der Waals surface area contributed by atoms with E-state index in [-0.39, 0.29) is 30.1 Å². The molecule has 1 unspecified atom stereocenters. The van der Waals surface area contributed by atoms with Crippen molar-refractivity contribution in [2.45, 2.75) is 32.9 Å². The number of benzene rings is 2. The minimum atomic E-state index is -0.0741. The number of halogens is 1. The van der Waals surface area contributed by atoms with Gasteiger partial charge in [0, 0.05) is 13.6 Å². The fourth-order valence-corrected chi connectivity index (χ4v) is 2.77. The molecular formula is C23H34IN3O4. The monoisotopic (exact) mass is 543 g/mol. The van der Waals surface area contributed by atoms with Gasteiger partial charge in [0.1, 0.15) is 6.10 Å². The zero-order valence-electron chi connectivity index (χ0n) is 18.9. The Hall–Kier alpha value is -2.36. The number of hydrogen-bond acceptors (Lipinski definition) is 5. The topological polar surface area (TPSA) is 73.3 Å². The lowest BCUT2D eigenvalue weighted by atomic mass is 10.2. The highest BCUT2D eigenvalue weighted by Crippen LogP contribution is 2.28. The Labute approximate surface area is 202 Å². The molecule has 0 radical (unpaired) electrons. The molecule has 31 heavy (non-hydrogen) atoms. The number of nitrogens with one attached hydrogen (secondary N) is 2. The first-order valence-corrected chi connectivity index (χ1v) is 10.1. The van der Waals surface area contributed by atoms with Crippen molar-refractivity contribution in [3.8, 4) is 23.0 Å². The normalized spacial score (nSPS) is 11.7. The minimum Gasteiger partial charge on any atom is -0.493 e. The molecule has 0 aliphatic carbocycles. The molecule has 0 heterocycles. The summed E-state index contributed by atoms with van der Waals surface area (Å²) in [7, 11) is 5.02. The van der Waals surface area contributed by atoms with Crippen LogP contribution in [-0.4, -0.2) is 46.5 Å². The van der Waals surface area contributed by atoms with Crippen molar-refractivity contribution in [3.05, 3.63) is 48.0 Å². The fourth-order valence-electron chi connectivity index (χ4n) is 2.77. The number of nitrogens with zero attached hydrogens (tertiary/aromatic N) is 1. The van der Waals surface area contributed by atoms with Crippen LogP contribution >= 0.6 is 24.0 Å². The third-order valence-corrected chi connectivity index (χ3v) is 4.33. The summed E-state index contributed by atoms with van der Waals surface area (Å²) in [6, 6.07) is 13.5. The molecule has 0 aromatic heterocycles. The van der Waals surface area contributed by atoms with E-state index < -0.39 is 0 Å². The molecule has 0 amide bonds. The third kappa shape index (κ3) is 8.72. The van der Waals surface area contributed by atoms with Crippen LogP contribution in [0, 0.1) is 0 Å². The van der Waals surface area contributed by atoms with E-state index in [1.165, 1.54) is 0 Å². The fraction of sp³-hybridized carbons (Fsp3) is 0.435. The second-order valence-electron chi connectivity index (χ2n) is 6.72. The molecule has 0 saturated carbocycles. The summed E-state index contributed by atoms with van der Waals surface area (Å²) in [6.45, 7) is 5.93. The predicted octanol–water partition coefficient (Wildman–Crippen LogP) is 4.24. The Morgan fingerprint density at radius 3 is 2.32 bits per heavy atom. The summed E-state index contributed by atoms with van der Waals surface area (Å²) >= 11 is 0. The minimum absolute atomic E-state index is 0. The van der Waals surface area contributed by atoms with E-state index in [1.54, 1.807) is 21.3 Å². The van der Waals surface area contributed by atoms with Gasteiger partial charge in [-0.1, -0.05) is 25.1 Å². The van der Waals surface area contributed by atoms with Crippen LogP contribution in [0.5, 0.6) is 23.0 Å². The highest BCUT2D eigenvalue weighted by molar-refractivity contribution is 14.0. The molecule has 0 aliphatic heterocycles. The van der Waals surface area contributed by atoms with Crippen molar-refractivity contribution >= 4 is 29.9 Å². The second kappa shape index (κ2) is 14.6. The maximum atomic E-state index is 5.97. The maximum Gasteiger partial charge on any atom is 0.191 e. The van der Waals surface area contributed by atoms with E-state index in [0.717, 1.165) is 29.2 Å². The van der Waals surface area contributed by atoms with Gasteiger partial charge in [-0.3, -0.25) is 4.99 Å². The lowest BCUT2D eigenvalue weighted by molar-refractivity contribution is 0.213. The maximum absolute atomic E-state index is 5.97. The van der Waals surface area contributed by atoms with Crippen molar-refractivity contribution in [3.63, 3.8) is 0 Å². The zero-order valence-corrected chi connectivity index (χ0v) is 21.3. The Bertz CT molecular complexity index is 817. The lowest BCUT2D eigenvalue weighted by Gasteiger charge is -2.19. The van der Waals surface area contributed by atoms with Crippen molar-refractivity contribution in [1.29, 1.82) is 0 Å². The van der Waals surface area contributed by atoms with E-state index in [0.29, 0.717) is 31.4 Å². The molecule has 1 atom stereocenters. The van der Waals surface area contributed by atoms with Gasteiger partial charge in [0.25, 0.3) is 0 Å². The van der Waals surface area contributed by atoms with E-state index in [2.05, 4.69) is 22.5 Å². The van der Waals surface area contributed by atoms with Gasteiger partial charge in [-0.05, 0) is 43.2 Å². The Morgan fingerprint density at radius 1 is 0.968 bits per heavy atom. The molecule has 0 fully saturated rings. The van der Waals surface area contributed by atoms with Gasteiger partial charge < -0.3 is 29.6 Å². The van der Waals surface area contributed by atoms with E-state index in [9.17, 15) is 0 Å². The number of hydrogen-bond donors (Lipinski definition) is 2. The first-order valence-electron chi connectivity index (χ1n) is 10.1. The quantitative estimate of drug-likeness (QED) is 0.251. The predicted molar refractivity (Wildman–Crippen MR) is 135 cm³/mol. The molecule has 0 aliphatic rings. The van der Waals surface area contributed by atoms with Crippen LogP contribution in [0.3, 0.4) is 0 Å². The second-order valence-corrected chi connectivity index (χ2v) is 6.72. The number of guanidine groups is 1. The van der Waals surface area contributed by atoms with E-state index in [4.69, 9.17) is 18.9 Å².